The van der Waals surface area contributed by atoms with Crippen molar-refractivity contribution in [3.8, 4) is 0 Å². The number of nitrogens with one attached hydrogen (secondary N) is 1. The molecule has 0 bridgehead atoms. The van der Waals surface area contributed by atoms with Crippen molar-refractivity contribution < 1.29 is 4.74 Å². The van der Waals surface area contributed by atoms with Crippen LogP contribution in [0.3, 0.4) is 0 Å². The number of aromatic amines is 1. The minimum absolute atomic E-state index is 0.165. The first kappa shape index (κ1) is 15.0. The van der Waals surface area contributed by atoms with Gasteiger partial charge >= 0.3 is 0 Å². The number of hydrogen-bond donors (Lipinski definition) is 1. The van der Waals surface area contributed by atoms with E-state index in [1.54, 1.807) is 4.52 Å². The van der Waals surface area contributed by atoms with Gasteiger partial charge in [-0.1, -0.05) is 6.92 Å². The summed E-state index contributed by atoms with van der Waals surface area (Å²) < 4.78 is 7.68. The van der Waals surface area contributed by atoms with Crippen LogP contribution in [0.1, 0.15) is 35.9 Å². The molecular weight excluding hydrogens is 308 g/mol. The maximum Gasteiger partial charge on any atom is 0.254 e. The van der Waals surface area contributed by atoms with Crippen molar-refractivity contribution in [2.24, 2.45) is 0 Å². The molecule has 0 spiro atoms. The number of ether oxygens (including phenoxy) is 1. The standard InChI is InChI=1S/C15H20N8O/c1-4-12-19-13(21-20-12)11-7-22(5-6-24-11)14-9(2)10(3)18-15-16-8-17-23(14)15/h8,11H,4-7H2,1-3H3,(H,19,20,21). The van der Waals surface area contributed by atoms with Gasteiger partial charge in [-0.05, 0) is 13.8 Å². The molecule has 1 unspecified atom stereocenters. The molecule has 0 aliphatic carbocycles. The summed E-state index contributed by atoms with van der Waals surface area (Å²) in [6.07, 6.45) is 2.19. The average Bonchev–Trinajstić information content (AvgIpc) is 3.25. The van der Waals surface area contributed by atoms with E-state index in [9.17, 15) is 0 Å². The first-order valence-corrected chi connectivity index (χ1v) is 8.12. The molecule has 3 aromatic rings. The smallest absolute Gasteiger partial charge is 0.254 e. The van der Waals surface area contributed by atoms with Crippen LogP contribution in [-0.4, -0.2) is 54.5 Å². The van der Waals surface area contributed by atoms with E-state index in [2.05, 4.69) is 42.1 Å². The number of rotatable bonds is 3. The van der Waals surface area contributed by atoms with Crippen molar-refractivity contribution in [1.82, 2.24) is 34.8 Å². The molecule has 24 heavy (non-hydrogen) atoms. The number of hydrogen-bond acceptors (Lipinski definition) is 7. The van der Waals surface area contributed by atoms with Crippen molar-refractivity contribution in [3.63, 3.8) is 0 Å². The average molecular weight is 328 g/mol. The fourth-order valence-corrected chi connectivity index (χ4v) is 3.00. The third-order valence-corrected chi connectivity index (χ3v) is 4.41. The summed E-state index contributed by atoms with van der Waals surface area (Å²) >= 11 is 0. The second-order valence-corrected chi connectivity index (χ2v) is 5.92. The van der Waals surface area contributed by atoms with Crippen LogP contribution >= 0.6 is 0 Å². The summed E-state index contributed by atoms with van der Waals surface area (Å²) in [6, 6.07) is 0. The van der Waals surface area contributed by atoms with Gasteiger partial charge < -0.3 is 9.64 Å². The second kappa shape index (κ2) is 5.82. The van der Waals surface area contributed by atoms with E-state index in [0.29, 0.717) is 24.8 Å². The predicted octanol–water partition coefficient (Wildman–Crippen LogP) is 1.000. The van der Waals surface area contributed by atoms with Gasteiger partial charge in [0.05, 0.1) is 13.2 Å². The zero-order valence-corrected chi connectivity index (χ0v) is 14.0. The number of anilines is 1. The monoisotopic (exact) mass is 328 g/mol. The zero-order valence-electron chi connectivity index (χ0n) is 14.0. The van der Waals surface area contributed by atoms with Crippen LogP contribution in [0.2, 0.25) is 0 Å². The molecule has 1 atom stereocenters. The Morgan fingerprint density at radius 2 is 2.21 bits per heavy atom. The van der Waals surface area contributed by atoms with Crippen LogP contribution in [0, 0.1) is 13.8 Å². The van der Waals surface area contributed by atoms with Crippen molar-refractivity contribution in [3.05, 3.63) is 29.2 Å². The van der Waals surface area contributed by atoms with Crippen LogP contribution in [0.15, 0.2) is 6.33 Å². The number of H-pyrrole nitrogens is 1. The first-order chi connectivity index (χ1) is 11.7. The molecule has 1 N–H and O–H groups in total. The molecule has 0 amide bonds. The zero-order chi connectivity index (χ0) is 16.7. The summed E-state index contributed by atoms with van der Waals surface area (Å²) in [7, 11) is 0. The largest absolute Gasteiger partial charge is 0.366 e. The molecule has 1 saturated heterocycles. The van der Waals surface area contributed by atoms with Crippen molar-refractivity contribution in [2.75, 3.05) is 24.6 Å². The summed E-state index contributed by atoms with van der Waals surface area (Å²) in [6.45, 7) is 8.15. The Labute approximate surface area is 139 Å². The number of aromatic nitrogens is 7. The van der Waals surface area contributed by atoms with Gasteiger partial charge in [-0.15, -0.1) is 0 Å². The molecule has 1 aliphatic rings. The van der Waals surface area contributed by atoms with E-state index in [-0.39, 0.29) is 6.10 Å². The van der Waals surface area contributed by atoms with Crippen molar-refractivity contribution >= 4 is 11.6 Å². The Morgan fingerprint density at radius 1 is 1.33 bits per heavy atom. The van der Waals surface area contributed by atoms with Crippen molar-refractivity contribution in [2.45, 2.75) is 33.3 Å². The number of morpholine rings is 1. The molecule has 0 aromatic carbocycles. The molecule has 4 rings (SSSR count). The van der Waals surface area contributed by atoms with Gasteiger partial charge in [-0.3, -0.25) is 5.10 Å². The number of aryl methyl sites for hydroxylation is 2. The second-order valence-electron chi connectivity index (χ2n) is 5.92. The maximum absolute atomic E-state index is 5.89. The van der Waals surface area contributed by atoms with Gasteiger partial charge in [0.1, 0.15) is 24.1 Å². The predicted molar refractivity (Wildman–Crippen MR) is 86.9 cm³/mol. The van der Waals surface area contributed by atoms with E-state index >= 15 is 0 Å². The normalized spacial score (nSPS) is 18.5. The minimum Gasteiger partial charge on any atom is -0.366 e. The molecule has 9 nitrogen and oxygen atoms in total. The van der Waals surface area contributed by atoms with Crippen LogP contribution in [0.4, 0.5) is 5.82 Å². The fraction of sp³-hybridized carbons (Fsp3) is 0.533. The molecule has 126 valence electrons. The van der Waals surface area contributed by atoms with Gasteiger partial charge in [0.2, 0.25) is 0 Å². The highest BCUT2D eigenvalue weighted by atomic mass is 16.5. The van der Waals surface area contributed by atoms with Gasteiger partial charge in [-0.2, -0.15) is 19.7 Å². The molecule has 0 saturated carbocycles. The number of nitrogens with zero attached hydrogens (tertiary/aromatic N) is 7. The maximum atomic E-state index is 5.89. The third kappa shape index (κ3) is 2.41. The van der Waals surface area contributed by atoms with Gasteiger partial charge in [0.15, 0.2) is 5.82 Å². The summed E-state index contributed by atoms with van der Waals surface area (Å²) in [5, 5.41) is 11.6. The van der Waals surface area contributed by atoms with E-state index in [1.807, 2.05) is 13.8 Å². The quantitative estimate of drug-likeness (QED) is 0.766. The van der Waals surface area contributed by atoms with Crippen LogP contribution < -0.4 is 4.90 Å². The highest BCUT2D eigenvalue weighted by Gasteiger charge is 2.28. The summed E-state index contributed by atoms with van der Waals surface area (Å²) in [4.78, 5) is 15.5. The van der Waals surface area contributed by atoms with E-state index in [4.69, 9.17) is 4.74 Å². The van der Waals surface area contributed by atoms with E-state index in [1.165, 1.54) is 6.33 Å². The minimum atomic E-state index is -0.165. The lowest BCUT2D eigenvalue weighted by Crippen LogP contribution is -2.40. The lowest BCUT2D eigenvalue weighted by atomic mass is 10.2. The summed E-state index contributed by atoms with van der Waals surface area (Å²) in [5.74, 6) is 3.20. The highest BCUT2D eigenvalue weighted by molar-refractivity contribution is 5.54. The van der Waals surface area contributed by atoms with Gasteiger partial charge in [0, 0.05) is 24.2 Å². The highest BCUT2D eigenvalue weighted by Crippen LogP contribution is 2.27. The van der Waals surface area contributed by atoms with Crippen molar-refractivity contribution in [1.29, 1.82) is 0 Å². The Kier molecular flexibility index (Phi) is 3.64. The first-order valence-electron chi connectivity index (χ1n) is 8.12. The number of fused-ring (bicyclic) bond motifs is 1. The molecular formula is C15H20N8O. The Hall–Kier alpha value is -2.55. The molecule has 0 radical (unpaired) electrons. The van der Waals surface area contributed by atoms with Gasteiger partial charge in [-0.25, -0.2) is 9.97 Å². The Morgan fingerprint density at radius 3 is 3.00 bits per heavy atom. The van der Waals surface area contributed by atoms with Crippen LogP contribution in [0.5, 0.6) is 0 Å². The lowest BCUT2D eigenvalue weighted by molar-refractivity contribution is 0.0338. The molecule has 1 fully saturated rings. The molecule has 4 heterocycles. The topological polar surface area (TPSA) is 97.1 Å². The SMILES string of the molecule is CCc1nc(C2CN(c3c(C)c(C)nc4ncnn34)CCO2)n[nH]1. The third-order valence-electron chi connectivity index (χ3n) is 4.41. The fourth-order valence-electron chi connectivity index (χ4n) is 3.00. The molecule has 3 aromatic heterocycles. The lowest BCUT2D eigenvalue weighted by Gasteiger charge is -2.34. The van der Waals surface area contributed by atoms with E-state index < -0.39 is 0 Å². The molecule has 9 heteroatoms. The Bertz CT molecular complexity index is 870. The summed E-state index contributed by atoms with van der Waals surface area (Å²) in [5.41, 5.74) is 2.05. The van der Waals surface area contributed by atoms with Crippen LogP contribution in [0.25, 0.3) is 5.78 Å². The molecule has 1 aliphatic heterocycles. The Balaban J connectivity index is 1.69. The van der Waals surface area contributed by atoms with Gasteiger partial charge in [0.25, 0.3) is 5.78 Å². The van der Waals surface area contributed by atoms with E-state index in [0.717, 1.165) is 35.9 Å². The van der Waals surface area contributed by atoms with Crippen LogP contribution in [-0.2, 0) is 11.2 Å².